The molecular weight excluding hydrogens is 342 g/mol. The van der Waals surface area contributed by atoms with E-state index in [9.17, 15) is 27.6 Å². The number of aliphatic hydroxyl groups is 1. The Bertz CT molecular complexity index is 679. The fourth-order valence-corrected chi connectivity index (χ4v) is 1.36. The maximum atomic E-state index is 11.7. The van der Waals surface area contributed by atoms with Crippen LogP contribution in [-0.4, -0.2) is 71.7 Å². The number of ether oxygens (including phenoxy) is 1. The van der Waals surface area contributed by atoms with Gasteiger partial charge < -0.3 is 15.6 Å². The van der Waals surface area contributed by atoms with Crippen LogP contribution >= 0.6 is 0 Å². The quantitative estimate of drug-likeness (QED) is 0.196. The number of carbonyl (C=O) groups excluding carboxylic acids is 4. The van der Waals surface area contributed by atoms with Crippen LogP contribution in [0.5, 0.6) is 0 Å². The minimum atomic E-state index is -3.15. The number of amides is 3. The van der Waals surface area contributed by atoms with Gasteiger partial charge in [0.1, 0.15) is 11.4 Å². The van der Waals surface area contributed by atoms with Gasteiger partial charge in [-0.05, 0) is 0 Å². The molecule has 0 rings (SSSR count). The highest BCUT2D eigenvalue weighted by Crippen LogP contribution is 2.13. The molecule has 0 saturated heterocycles. The fourth-order valence-electron chi connectivity index (χ4n) is 1.09. The summed E-state index contributed by atoms with van der Waals surface area (Å²) in [5, 5.41) is 25.6. The average Bonchev–Trinajstić information content (AvgIpc) is 2.50. The molecular formula is C9H9N3O10S. The third-order valence-corrected chi connectivity index (χ3v) is 2.64. The normalized spacial score (nSPS) is 12.1. The van der Waals surface area contributed by atoms with E-state index in [4.69, 9.17) is 21.4 Å². The molecule has 0 bridgehead atoms. The van der Waals surface area contributed by atoms with E-state index in [1.807, 2.05) is 0 Å². The van der Waals surface area contributed by atoms with Crippen molar-refractivity contribution >= 4 is 39.5 Å². The zero-order chi connectivity index (χ0) is 18.2. The number of nitrogens with two attached hydrogens (primary N) is 1. The van der Waals surface area contributed by atoms with Crippen molar-refractivity contribution in [3.05, 3.63) is 0 Å². The van der Waals surface area contributed by atoms with Gasteiger partial charge in [-0.1, -0.05) is 0 Å². The number of aliphatic hydroxyl groups excluding tert-OH is 1. The molecule has 1 atom stereocenters. The third kappa shape index (κ3) is 4.82. The first-order valence-corrected chi connectivity index (χ1v) is 6.43. The van der Waals surface area contributed by atoms with Crippen LogP contribution in [0.25, 0.3) is 0 Å². The van der Waals surface area contributed by atoms with E-state index in [-0.39, 0.29) is 5.37 Å². The van der Waals surface area contributed by atoms with Crippen LogP contribution in [0.2, 0.25) is 0 Å². The van der Waals surface area contributed by atoms with Gasteiger partial charge in [-0.3, -0.25) is 14.5 Å². The molecule has 0 radical (unpaired) electrons. The lowest BCUT2D eigenvalue weighted by atomic mass is 10.0. The van der Waals surface area contributed by atoms with Gasteiger partial charge in [-0.15, -0.1) is 4.90 Å². The summed E-state index contributed by atoms with van der Waals surface area (Å²) in [5.74, 6) is -3.34. The molecule has 0 aliphatic carbocycles. The Morgan fingerprint density at radius 1 is 1.30 bits per heavy atom. The predicted molar refractivity (Wildman–Crippen MR) is 66.9 cm³/mol. The molecule has 0 spiro atoms. The smallest absolute Gasteiger partial charge is 0.429 e. The maximum absolute atomic E-state index is 11.7. The summed E-state index contributed by atoms with van der Waals surface area (Å²) in [6.45, 7) is -2.19. The van der Waals surface area contributed by atoms with Crippen molar-refractivity contribution < 1.29 is 47.6 Å². The van der Waals surface area contributed by atoms with Gasteiger partial charge in [0.15, 0.2) is 0 Å². The zero-order valence-corrected chi connectivity index (χ0v) is 11.8. The summed E-state index contributed by atoms with van der Waals surface area (Å²) in [5.41, 5.74) is 2.51. The third-order valence-electron chi connectivity index (χ3n) is 2.24. The Morgan fingerprint density at radius 3 is 2.22 bits per heavy atom. The van der Waals surface area contributed by atoms with Crippen LogP contribution in [0.3, 0.4) is 0 Å². The summed E-state index contributed by atoms with van der Waals surface area (Å²) >= 11 is 0. The van der Waals surface area contributed by atoms with Crippen molar-refractivity contribution in [2.45, 2.75) is 5.60 Å². The second-order valence-corrected chi connectivity index (χ2v) is 4.33. The van der Waals surface area contributed by atoms with E-state index in [1.54, 1.807) is 0 Å². The van der Waals surface area contributed by atoms with Crippen LogP contribution < -0.4 is 5.73 Å². The van der Waals surface area contributed by atoms with Crippen molar-refractivity contribution in [2.24, 2.45) is 5.73 Å². The van der Waals surface area contributed by atoms with Crippen LogP contribution in [-0.2, 0) is 29.5 Å². The van der Waals surface area contributed by atoms with Crippen molar-refractivity contribution in [1.29, 1.82) is 5.26 Å². The first kappa shape index (κ1) is 20.1. The number of nitrogens with zero attached hydrogens (tertiary/aromatic N) is 2. The molecule has 126 valence electrons. The summed E-state index contributed by atoms with van der Waals surface area (Å²) in [6, 6.07) is 1.03. The summed E-state index contributed by atoms with van der Waals surface area (Å²) < 4.78 is 25.1. The molecule has 13 nitrogen and oxygen atoms in total. The lowest BCUT2D eigenvalue weighted by molar-refractivity contribution is -0.187. The van der Waals surface area contributed by atoms with Crippen LogP contribution in [0, 0.1) is 11.3 Å². The van der Waals surface area contributed by atoms with Crippen molar-refractivity contribution in [3.8, 4) is 6.07 Å². The second kappa shape index (κ2) is 8.55. The molecule has 4 N–H and O–H groups in total. The van der Waals surface area contributed by atoms with Crippen molar-refractivity contribution in [2.75, 3.05) is 13.2 Å². The molecule has 0 aliphatic heterocycles. The lowest BCUT2D eigenvalue weighted by Crippen LogP contribution is -2.55. The van der Waals surface area contributed by atoms with Crippen LogP contribution in [0.15, 0.2) is 0 Å². The highest BCUT2D eigenvalue weighted by Gasteiger charge is 2.44. The molecule has 0 aromatic heterocycles. The number of nitriles is 1. The first-order chi connectivity index (χ1) is 10.7. The van der Waals surface area contributed by atoms with Gasteiger partial charge in [0.25, 0.3) is 11.7 Å². The first-order valence-electron chi connectivity index (χ1n) is 5.30. The van der Waals surface area contributed by atoms with E-state index < -0.39 is 57.8 Å². The Hall–Kier alpha value is -2.86. The molecule has 0 heterocycles. The Morgan fingerprint density at radius 2 is 1.87 bits per heavy atom. The lowest BCUT2D eigenvalue weighted by Gasteiger charge is -2.27. The average molecular weight is 351 g/mol. The number of carbonyl (C=O) groups is 4. The maximum Gasteiger partial charge on any atom is 0.457 e. The van der Waals surface area contributed by atoms with Gasteiger partial charge in [0, 0.05) is 6.54 Å². The minimum Gasteiger partial charge on any atom is -0.429 e. The molecule has 0 fully saturated rings. The summed E-state index contributed by atoms with van der Waals surface area (Å²) in [6.07, 6.45) is -4.10. The molecule has 0 saturated carbocycles. The molecule has 14 heteroatoms. The minimum absolute atomic E-state index is 0.159. The second-order valence-electron chi connectivity index (χ2n) is 3.57. The monoisotopic (exact) mass is 351 g/mol. The number of Topliss-reactive ketones (excluding diaryl/α,β-unsaturated/α-hetero) is 1. The molecule has 0 aromatic carbocycles. The Labute approximate surface area is 128 Å². The van der Waals surface area contributed by atoms with Gasteiger partial charge in [-0.2, -0.15) is 18.9 Å². The fraction of sp³-hybridized carbons (Fsp3) is 0.333. The van der Waals surface area contributed by atoms with E-state index in [1.165, 1.54) is 0 Å². The number of ketones is 1. The number of rotatable bonds is 5. The predicted octanol–water partition coefficient (Wildman–Crippen LogP) is -2.98. The standard InChI is InChI=1S/C9H9N3O10S/c10-1-5(14)9(3-11,4-13)21-7(16)12(8(17)22-18)6(15)2-23(19)20/h2,13,18H,3-4,11H2. The van der Waals surface area contributed by atoms with Crippen molar-refractivity contribution in [1.82, 2.24) is 4.90 Å². The topological polar surface area (TPSA) is 214 Å². The largest absolute Gasteiger partial charge is 0.457 e. The Balaban J connectivity index is 5.76. The SMILES string of the molecule is N#CC(=O)C(CN)(CO)OC(=O)N(C(=O)C=S(=O)=O)C(=O)OO. The van der Waals surface area contributed by atoms with E-state index in [0.717, 1.165) is 6.07 Å². The van der Waals surface area contributed by atoms with Crippen LogP contribution in [0.1, 0.15) is 0 Å². The highest BCUT2D eigenvalue weighted by molar-refractivity contribution is 7.73. The number of hydrogen-bond donors (Lipinski definition) is 3. The van der Waals surface area contributed by atoms with E-state index in [2.05, 4.69) is 9.62 Å². The number of imide groups is 3. The van der Waals surface area contributed by atoms with Gasteiger partial charge >= 0.3 is 12.2 Å². The Kier molecular flexibility index (Phi) is 7.49. The van der Waals surface area contributed by atoms with Gasteiger partial charge in [0.2, 0.25) is 15.9 Å². The molecule has 3 amide bonds. The molecule has 0 aromatic rings. The van der Waals surface area contributed by atoms with Gasteiger partial charge in [-0.25, -0.2) is 9.59 Å². The molecule has 0 aliphatic rings. The zero-order valence-electron chi connectivity index (χ0n) is 11.0. The highest BCUT2D eigenvalue weighted by atomic mass is 32.2. The summed E-state index contributed by atoms with van der Waals surface area (Å²) in [7, 11) is -3.15. The molecule has 1 unspecified atom stereocenters. The van der Waals surface area contributed by atoms with E-state index in [0.29, 0.717) is 0 Å². The van der Waals surface area contributed by atoms with Gasteiger partial charge in [0.05, 0.1) is 6.61 Å². The number of hydrogen-bond acceptors (Lipinski definition) is 12. The van der Waals surface area contributed by atoms with E-state index >= 15 is 0 Å². The van der Waals surface area contributed by atoms with Crippen LogP contribution in [0.4, 0.5) is 9.59 Å². The molecule has 23 heavy (non-hydrogen) atoms. The van der Waals surface area contributed by atoms with Crippen molar-refractivity contribution in [3.63, 3.8) is 0 Å². The summed E-state index contributed by atoms with van der Waals surface area (Å²) in [4.78, 5) is 48.1.